The van der Waals surface area contributed by atoms with Crippen molar-refractivity contribution in [3.8, 4) is 0 Å². The molecule has 0 aliphatic heterocycles. The molecule has 3 nitrogen and oxygen atoms in total. The third kappa shape index (κ3) is 2.76. The molecule has 0 saturated carbocycles. The Kier molecular flexibility index (Phi) is 4.48. The van der Waals surface area contributed by atoms with E-state index in [-0.39, 0.29) is 5.30 Å². The van der Waals surface area contributed by atoms with Crippen molar-refractivity contribution < 1.29 is 27.8 Å². The van der Waals surface area contributed by atoms with E-state index in [0.717, 1.165) is 6.92 Å². The largest absolute Gasteiger partial charge is 0.461 e. The van der Waals surface area contributed by atoms with Crippen LogP contribution in [-0.4, -0.2) is 11.1 Å². The van der Waals surface area contributed by atoms with Crippen LogP contribution in [0.25, 0.3) is 0 Å². The molecule has 94 valence electrons. The molecule has 1 atom stereocenters. The summed E-state index contributed by atoms with van der Waals surface area (Å²) in [6.07, 6.45) is 0. The maximum atomic E-state index is 13.6. The van der Waals surface area contributed by atoms with Gasteiger partial charge in [-0.05, 0) is 0 Å². The standard InChI is InChI=1S/C10H10F3O3P/c1-4(15)16-3-6-8(12)7(11)5(2-14)10(17)9(6)13/h14H,2-3,17H2,1H3. The molecule has 0 spiro atoms. The number of aliphatic hydroxyl groups excluding tert-OH is 1. The number of benzene rings is 1. The Balaban J connectivity index is 3.27. The molecule has 0 heterocycles. The van der Waals surface area contributed by atoms with E-state index in [1.165, 1.54) is 0 Å². The zero-order valence-corrected chi connectivity index (χ0v) is 10.0. The highest BCUT2D eigenvalue weighted by atomic mass is 31.0. The lowest BCUT2D eigenvalue weighted by Gasteiger charge is -2.12. The predicted octanol–water partition coefficient (Wildman–Crippen LogP) is 1.16. The van der Waals surface area contributed by atoms with E-state index < -0.39 is 47.8 Å². The molecule has 7 heteroatoms. The number of esters is 1. The van der Waals surface area contributed by atoms with Gasteiger partial charge in [0.1, 0.15) is 12.4 Å². The van der Waals surface area contributed by atoms with Crippen molar-refractivity contribution in [1.82, 2.24) is 0 Å². The third-order valence-electron chi connectivity index (χ3n) is 2.13. The SMILES string of the molecule is CC(=O)OCc1c(F)c(F)c(CO)c(P)c1F. The Morgan fingerprint density at radius 1 is 1.24 bits per heavy atom. The molecule has 1 N–H and O–H groups in total. The van der Waals surface area contributed by atoms with E-state index >= 15 is 0 Å². The Morgan fingerprint density at radius 3 is 2.24 bits per heavy atom. The maximum absolute atomic E-state index is 13.6. The maximum Gasteiger partial charge on any atom is 0.302 e. The van der Waals surface area contributed by atoms with Crippen LogP contribution in [0.5, 0.6) is 0 Å². The van der Waals surface area contributed by atoms with Gasteiger partial charge in [0.25, 0.3) is 0 Å². The fourth-order valence-corrected chi connectivity index (χ4v) is 1.62. The van der Waals surface area contributed by atoms with Crippen LogP contribution < -0.4 is 5.30 Å². The summed E-state index contributed by atoms with van der Waals surface area (Å²) < 4.78 is 44.8. The van der Waals surface area contributed by atoms with Crippen LogP contribution in [0.2, 0.25) is 0 Å². The van der Waals surface area contributed by atoms with Crippen LogP contribution >= 0.6 is 9.24 Å². The second kappa shape index (κ2) is 5.47. The van der Waals surface area contributed by atoms with Crippen molar-refractivity contribution in [3.63, 3.8) is 0 Å². The topological polar surface area (TPSA) is 46.5 Å². The van der Waals surface area contributed by atoms with Crippen molar-refractivity contribution in [3.05, 3.63) is 28.6 Å². The lowest BCUT2D eigenvalue weighted by atomic mass is 10.1. The van der Waals surface area contributed by atoms with Gasteiger partial charge in [-0.1, -0.05) is 0 Å². The van der Waals surface area contributed by atoms with Gasteiger partial charge in [0, 0.05) is 17.8 Å². The van der Waals surface area contributed by atoms with Gasteiger partial charge in [0.15, 0.2) is 11.6 Å². The normalized spacial score (nSPS) is 10.5. The number of rotatable bonds is 3. The zero-order valence-electron chi connectivity index (χ0n) is 8.89. The molecule has 1 rings (SSSR count). The van der Waals surface area contributed by atoms with Gasteiger partial charge in [-0.2, -0.15) is 0 Å². The quantitative estimate of drug-likeness (QED) is 0.507. The summed E-state index contributed by atoms with van der Waals surface area (Å²) in [7, 11) is 1.87. The van der Waals surface area contributed by atoms with Crippen LogP contribution in [0.1, 0.15) is 18.1 Å². The first kappa shape index (κ1) is 13.9. The van der Waals surface area contributed by atoms with Crippen LogP contribution in [0, 0.1) is 17.5 Å². The number of halogens is 3. The van der Waals surface area contributed by atoms with Crippen molar-refractivity contribution in [1.29, 1.82) is 0 Å². The van der Waals surface area contributed by atoms with Gasteiger partial charge in [-0.3, -0.25) is 4.79 Å². The van der Waals surface area contributed by atoms with Gasteiger partial charge in [-0.15, -0.1) is 9.24 Å². The van der Waals surface area contributed by atoms with Crippen LogP contribution in [0.3, 0.4) is 0 Å². The Hall–Kier alpha value is -1.13. The van der Waals surface area contributed by atoms with Crippen LogP contribution in [0.15, 0.2) is 0 Å². The van der Waals surface area contributed by atoms with Crippen molar-refractivity contribution in [2.75, 3.05) is 0 Å². The minimum Gasteiger partial charge on any atom is -0.461 e. The lowest BCUT2D eigenvalue weighted by molar-refractivity contribution is -0.142. The van der Waals surface area contributed by atoms with E-state index in [9.17, 15) is 18.0 Å². The molecule has 0 saturated heterocycles. The molecular weight excluding hydrogens is 256 g/mol. The molecule has 1 aromatic carbocycles. The van der Waals surface area contributed by atoms with Gasteiger partial charge < -0.3 is 9.84 Å². The van der Waals surface area contributed by atoms with Gasteiger partial charge >= 0.3 is 5.97 Å². The molecule has 0 fully saturated rings. The second-order valence-corrected chi connectivity index (χ2v) is 3.83. The summed E-state index contributed by atoms with van der Waals surface area (Å²) in [6, 6.07) is 0. The van der Waals surface area contributed by atoms with E-state index in [1.807, 2.05) is 9.24 Å². The van der Waals surface area contributed by atoms with E-state index in [2.05, 4.69) is 4.74 Å². The summed E-state index contributed by atoms with van der Waals surface area (Å²) in [5.41, 5.74) is -1.16. The number of ether oxygens (including phenoxy) is 1. The average molecular weight is 266 g/mol. The average Bonchev–Trinajstić information content (AvgIpc) is 2.27. The summed E-state index contributed by atoms with van der Waals surface area (Å²) in [5, 5.41) is 8.50. The second-order valence-electron chi connectivity index (χ2n) is 3.25. The Morgan fingerprint density at radius 2 is 1.76 bits per heavy atom. The first-order valence-electron chi connectivity index (χ1n) is 4.58. The fraction of sp³-hybridized carbons (Fsp3) is 0.300. The van der Waals surface area contributed by atoms with Crippen molar-refractivity contribution >= 4 is 20.5 Å². The molecule has 0 radical (unpaired) electrons. The summed E-state index contributed by atoms with van der Waals surface area (Å²) in [5.74, 6) is -4.60. The molecule has 1 aromatic rings. The number of aliphatic hydroxyl groups is 1. The van der Waals surface area contributed by atoms with E-state index in [4.69, 9.17) is 5.11 Å². The van der Waals surface area contributed by atoms with Gasteiger partial charge in [0.2, 0.25) is 0 Å². The number of hydrogen-bond donors (Lipinski definition) is 1. The minimum atomic E-state index is -1.46. The Labute approximate surface area is 97.8 Å². The predicted molar refractivity (Wildman–Crippen MR) is 57.1 cm³/mol. The zero-order chi connectivity index (χ0) is 13.2. The van der Waals surface area contributed by atoms with Crippen molar-refractivity contribution in [2.24, 2.45) is 0 Å². The molecule has 1 unspecified atom stereocenters. The molecule has 17 heavy (non-hydrogen) atoms. The number of carbonyl (C=O) groups is 1. The van der Waals surface area contributed by atoms with Crippen LogP contribution in [0.4, 0.5) is 13.2 Å². The first-order valence-corrected chi connectivity index (χ1v) is 5.15. The smallest absolute Gasteiger partial charge is 0.302 e. The first-order chi connectivity index (χ1) is 7.90. The summed E-state index contributed by atoms with van der Waals surface area (Å²) >= 11 is 0. The molecule has 0 bridgehead atoms. The highest BCUT2D eigenvalue weighted by Gasteiger charge is 2.22. The monoisotopic (exact) mass is 266 g/mol. The minimum absolute atomic E-state index is 0.284. The van der Waals surface area contributed by atoms with E-state index in [0.29, 0.717) is 0 Å². The van der Waals surface area contributed by atoms with E-state index in [1.54, 1.807) is 0 Å². The summed E-state index contributed by atoms with van der Waals surface area (Å²) in [4.78, 5) is 10.5. The van der Waals surface area contributed by atoms with Crippen molar-refractivity contribution in [2.45, 2.75) is 20.1 Å². The number of carbonyl (C=O) groups excluding carboxylic acids is 1. The molecular formula is C10H10F3O3P. The molecule has 0 aliphatic rings. The molecule has 0 amide bonds. The molecule has 0 aromatic heterocycles. The summed E-state index contributed by atoms with van der Waals surface area (Å²) in [6.45, 7) is -0.459. The Bertz CT molecular complexity index is 434. The highest BCUT2D eigenvalue weighted by Crippen LogP contribution is 2.21. The fourth-order valence-electron chi connectivity index (χ4n) is 1.23. The lowest BCUT2D eigenvalue weighted by Crippen LogP contribution is -2.18. The van der Waals surface area contributed by atoms with Gasteiger partial charge in [0.05, 0.1) is 12.2 Å². The third-order valence-corrected chi connectivity index (χ3v) is 2.73. The molecule has 0 aliphatic carbocycles. The van der Waals surface area contributed by atoms with Crippen LogP contribution in [-0.2, 0) is 22.7 Å². The van der Waals surface area contributed by atoms with Gasteiger partial charge in [-0.25, -0.2) is 13.2 Å². The number of hydrogen-bond acceptors (Lipinski definition) is 3. The highest BCUT2D eigenvalue weighted by molar-refractivity contribution is 7.27.